The van der Waals surface area contributed by atoms with E-state index in [0.717, 1.165) is 36.1 Å². The number of nitrogens with zero attached hydrogens (tertiary/aromatic N) is 5. The summed E-state index contributed by atoms with van der Waals surface area (Å²) in [6.45, 7) is 10.2. The third kappa shape index (κ3) is 4.64. The van der Waals surface area contributed by atoms with E-state index >= 15 is 0 Å². The van der Waals surface area contributed by atoms with Crippen LogP contribution in [0, 0.1) is 20.8 Å². The monoisotopic (exact) mass is 408 g/mol. The third-order valence-electron chi connectivity index (χ3n) is 4.77. The number of hydrogen-bond donors (Lipinski definition) is 1. The normalized spacial score (nSPS) is 11.4. The van der Waals surface area contributed by atoms with Gasteiger partial charge >= 0.3 is 5.56 Å². The number of aromatic nitrogens is 4. The molecule has 0 aliphatic heterocycles. The molecule has 1 aromatic carbocycles. The van der Waals surface area contributed by atoms with Gasteiger partial charge in [0, 0.05) is 11.3 Å². The fourth-order valence-electron chi connectivity index (χ4n) is 3.07. The summed E-state index contributed by atoms with van der Waals surface area (Å²) in [4.78, 5) is 22.0. The average Bonchev–Trinajstić information content (AvgIpc) is 3.01. The van der Waals surface area contributed by atoms with Crippen molar-refractivity contribution in [1.29, 1.82) is 0 Å². The zero-order valence-electron chi connectivity index (χ0n) is 18.2. The van der Waals surface area contributed by atoms with Crippen LogP contribution in [0.1, 0.15) is 49.2 Å². The van der Waals surface area contributed by atoms with Crippen LogP contribution in [-0.2, 0) is 6.42 Å². The van der Waals surface area contributed by atoms with Crippen molar-refractivity contribution >= 4 is 11.4 Å². The number of aryl methyl sites for hydroxylation is 3. The van der Waals surface area contributed by atoms with Crippen molar-refractivity contribution in [3.8, 4) is 11.8 Å². The van der Waals surface area contributed by atoms with E-state index in [2.05, 4.69) is 32.2 Å². The maximum atomic E-state index is 13.0. The Morgan fingerprint density at radius 2 is 1.80 bits per heavy atom. The smallest absolute Gasteiger partial charge is 0.301 e. The molecule has 0 amide bonds. The summed E-state index contributed by atoms with van der Waals surface area (Å²) < 4.78 is 7.04. The van der Waals surface area contributed by atoms with Gasteiger partial charge in [-0.25, -0.2) is 4.98 Å². The number of azo groups is 1. The molecule has 8 nitrogen and oxygen atoms in total. The quantitative estimate of drug-likeness (QED) is 0.528. The lowest BCUT2D eigenvalue weighted by Gasteiger charge is -2.13. The number of rotatable bonds is 8. The van der Waals surface area contributed by atoms with E-state index in [1.165, 1.54) is 4.68 Å². The molecule has 3 aromatic rings. The molecule has 158 valence electrons. The van der Waals surface area contributed by atoms with Gasteiger partial charge in [-0.2, -0.15) is 14.8 Å². The highest BCUT2D eigenvalue weighted by molar-refractivity contribution is 5.44. The first-order valence-electron chi connectivity index (χ1n) is 10.2. The second-order valence-corrected chi connectivity index (χ2v) is 7.19. The summed E-state index contributed by atoms with van der Waals surface area (Å²) in [7, 11) is 0. The number of H-pyrrole nitrogens is 1. The minimum absolute atomic E-state index is 0.227. The fraction of sp³-hybridized carbons (Fsp3) is 0.409. The number of ether oxygens (including phenoxy) is 1. The molecule has 3 rings (SSSR count). The summed E-state index contributed by atoms with van der Waals surface area (Å²) >= 11 is 0. The van der Waals surface area contributed by atoms with Crippen LogP contribution in [0.2, 0.25) is 0 Å². The van der Waals surface area contributed by atoms with Crippen LogP contribution >= 0.6 is 0 Å². The number of benzene rings is 1. The molecule has 0 saturated carbocycles. The molecule has 0 atom stereocenters. The summed E-state index contributed by atoms with van der Waals surface area (Å²) in [5.41, 5.74) is 4.06. The topological polar surface area (TPSA) is 97.5 Å². The second-order valence-electron chi connectivity index (χ2n) is 7.19. The van der Waals surface area contributed by atoms with Crippen molar-refractivity contribution < 1.29 is 4.74 Å². The average molecular weight is 409 g/mol. The van der Waals surface area contributed by atoms with E-state index in [-0.39, 0.29) is 17.2 Å². The number of aromatic amines is 1. The molecule has 30 heavy (non-hydrogen) atoms. The van der Waals surface area contributed by atoms with E-state index in [1.54, 1.807) is 6.92 Å². The predicted octanol–water partition coefficient (Wildman–Crippen LogP) is 5.04. The maximum absolute atomic E-state index is 13.0. The van der Waals surface area contributed by atoms with E-state index in [1.807, 2.05) is 45.0 Å². The Bertz CT molecular complexity index is 1100. The van der Waals surface area contributed by atoms with Gasteiger partial charge in [0.25, 0.3) is 5.95 Å². The van der Waals surface area contributed by atoms with Gasteiger partial charge in [-0.05, 0) is 52.7 Å². The molecule has 0 saturated heterocycles. The molecule has 2 heterocycles. The highest BCUT2D eigenvalue weighted by Gasteiger charge is 2.18. The zero-order valence-corrected chi connectivity index (χ0v) is 18.2. The van der Waals surface area contributed by atoms with E-state index in [0.29, 0.717) is 23.9 Å². The molecule has 1 N–H and O–H groups in total. The van der Waals surface area contributed by atoms with E-state index in [4.69, 9.17) is 4.74 Å². The SMILES string of the molecule is CCCCc1c(C)nc(-n2[nH]c(C)c(N=Nc3ccc(C)cc3)c2=O)nc1OCC. The van der Waals surface area contributed by atoms with Gasteiger partial charge in [-0.3, -0.25) is 9.89 Å². The van der Waals surface area contributed by atoms with Gasteiger partial charge in [0.2, 0.25) is 5.88 Å². The van der Waals surface area contributed by atoms with Crippen LogP contribution in [0.3, 0.4) is 0 Å². The first-order valence-corrected chi connectivity index (χ1v) is 10.2. The van der Waals surface area contributed by atoms with Crippen molar-refractivity contribution in [3.63, 3.8) is 0 Å². The molecule has 0 aliphatic carbocycles. The van der Waals surface area contributed by atoms with Crippen LogP contribution in [0.4, 0.5) is 11.4 Å². The Kier molecular flexibility index (Phi) is 6.76. The van der Waals surface area contributed by atoms with Gasteiger partial charge in [0.15, 0.2) is 5.69 Å². The molecule has 0 bridgehead atoms. The van der Waals surface area contributed by atoms with Gasteiger partial charge in [0.1, 0.15) is 0 Å². The Morgan fingerprint density at radius 3 is 2.47 bits per heavy atom. The predicted molar refractivity (Wildman–Crippen MR) is 117 cm³/mol. The van der Waals surface area contributed by atoms with Crippen LogP contribution < -0.4 is 10.3 Å². The molecule has 0 aliphatic rings. The van der Waals surface area contributed by atoms with Crippen LogP contribution in [0.25, 0.3) is 5.95 Å². The van der Waals surface area contributed by atoms with Gasteiger partial charge < -0.3 is 4.74 Å². The molecular weight excluding hydrogens is 380 g/mol. The third-order valence-corrected chi connectivity index (χ3v) is 4.77. The number of unbranched alkanes of at least 4 members (excludes halogenated alkanes) is 1. The first kappa shape index (κ1) is 21.4. The second kappa shape index (κ2) is 9.47. The van der Waals surface area contributed by atoms with Crippen LogP contribution in [-0.4, -0.2) is 26.4 Å². The molecule has 0 radical (unpaired) electrons. The van der Waals surface area contributed by atoms with Crippen molar-refractivity contribution in [3.05, 3.63) is 57.1 Å². The lowest BCUT2D eigenvalue weighted by atomic mass is 10.1. The van der Waals surface area contributed by atoms with Gasteiger partial charge in [0.05, 0.1) is 18.0 Å². The lowest BCUT2D eigenvalue weighted by molar-refractivity contribution is 0.320. The largest absolute Gasteiger partial charge is 0.478 e. The maximum Gasteiger partial charge on any atom is 0.301 e. The Hall–Kier alpha value is -3.29. The molecule has 0 unspecified atom stereocenters. The molecule has 0 spiro atoms. The van der Waals surface area contributed by atoms with Crippen molar-refractivity contribution in [2.75, 3.05) is 6.61 Å². The van der Waals surface area contributed by atoms with Gasteiger partial charge in [-0.15, -0.1) is 5.11 Å². The highest BCUT2D eigenvalue weighted by atomic mass is 16.5. The van der Waals surface area contributed by atoms with Crippen molar-refractivity contribution in [2.24, 2.45) is 10.2 Å². The molecule has 0 fully saturated rings. The Balaban J connectivity index is 1.99. The summed E-state index contributed by atoms with van der Waals surface area (Å²) in [6, 6.07) is 7.61. The Labute approximate surface area is 176 Å². The van der Waals surface area contributed by atoms with Crippen LogP contribution in [0.5, 0.6) is 5.88 Å². The van der Waals surface area contributed by atoms with Gasteiger partial charge in [-0.1, -0.05) is 31.0 Å². The summed E-state index contributed by atoms with van der Waals surface area (Å²) in [5, 5.41) is 11.4. The van der Waals surface area contributed by atoms with E-state index in [9.17, 15) is 4.79 Å². The molecule has 2 aromatic heterocycles. The van der Waals surface area contributed by atoms with E-state index < -0.39 is 0 Å². The fourth-order valence-corrected chi connectivity index (χ4v) is 3.07. The zero-order chi connectivity index (χ0) is 21.7. The van der Waals surface area contributed by atoms with Crippen molar-refractivity contribution in [1.82, 2.24) is 19.7 Å². The standard InChI is InChI=1S/C22H28N6O2/c1-6-8-9-18-15(4)23-22(24-20(18)30-7-2)28-21(29)19(16(5)27-28)26-25-17-12-10-14(3)11-13-17/h10-13,27H,6-9H2,1-5H3. The molecule has 8 heteroatoms. The highest BCUT2D eigenvalue weighted by Crippen LogP contribution is 2.23. The number of hydrogen-bond acceptors (Lipinski definition) is 6. The minimum atomic E-state index is -0.355. The number of nitrogens with one attached hydrogen (secondary N) is 1. The minimum Gasteiger partial charge on any atom is -0.478 e. The Morgan fingerprint density at radius 1 is 1.07 bits per heavy atom. The summed E-state index contributed by atoms with van der Waals surface area (Å²) in [5.74, 6) is 0.761. The molecular formula is C22H28N6O2. The first-order chi connectivity index (χ1) is 14.4. The lowest BCUT2D eigenvalue weighted by Crippen LogP contribution is -2.19. The summed E-state index contributed by atoms with van der Waals surface area (Å²) in [6.07, 6.45) is 2.93. The van der Waals surface area contributed by atoms with Crippen molar-refractivity contribution in [2.45, 2.75) is 53.9 Å². The van der Waals surface area contributed by atoms with Crippen LogP contribution in [0.15, 0.2) is 39.3 Å².